The highest BCUT2D eigenvalue weighted by atomic mass is 32.2. The molecule has 0 amide bonds. The van der Waals surface area contributed by atoms with Crippen LogP contribution >= 0.6 is 0 Å². The predicted molar refractivity (Wildman–Crippen MR) is 57.9 cm³/mol. The summed E-state index contributed by atoms with van der Waals surface area (Å²) in [6, 6.07) is 9.44. The van der Waals surface area contributed by atoms with Gasteiger partial charge >= 0.3 is 0 Å². The van der Waals surface area contributed by atoms with E-state index in [0.29, 0.717) is 5.69 Å². The first kappa shape index (κ1) is 9.79. The number of anilines is 1. The van der Waals surface area contributed by atoms with E-state index < -0.39 is 10.0 Å². The third-order valence-electron chi connectivity index (χ3n) is 2.03. The molecule has 0 aliphatic carbocycles. The zero-order valence-corrected chi connectivity index (χ0v) is 8.68. The largest absolute Gasteiger partial charge is 0.399 e. The summed E-state index contributed by atoms with van der Waals surface area (Å²) in [6.07, 6.45) is 2.98. The van der Waals surface area contributed by atoms with Crippen molar-refractivity contribution in [1.29, 1.82) is 0 Å². The Morgan fingerprint density at radius 3 is 2.07 bits per heavy atom. The van der Waals surface area contributed by atoms with E-state index in [0.717, 1.165) is 0 Å². The predicted octanol–water partition coefficient (Wildman–Crippen LogP) is 1.31. The molecule has 0 atom stereocenters. The van der Waals surface area contributed by atoms with Crippen LogP contribution in [0.3, 0.4) is 0 Å². The van der Waals surface area contributed by atoms with Gasteiger partial charge in [0.1, 0.15) is 0 Å². The van der Waals surface area contributed by atoms with E-state index in [4.69, 9.17) is 5.73 Å². The van der Waals surface area contributed by atoms with Crippen LogP contribution in [0.4, 0.5) is 5.69 Å². The van der Waals surface area contributed by atoms with Crippen molar-refractivity contribution in [3.8, 4) is 0 Å². The molecule has 1 aromatic heterocycles. The smallest absolute Gasteiger partial charge is 0.267 e. The van der Waals surface area contributed by atoms with Crippen LogP contribution in [0.1, 0.15) is 0 Å². The van der Waals surface area contributed by atoms with Gasteiger partial charge in [-0.25, -0.2) is 12.4 Å². The van der Waals surface area contributed by atoms with Crippen molar-refractivity contribution in [3.05, 3.63) is 48.8 Å². The second kappa shape index (κ2) is 3.43. The lowest BCUT2D eigenvalue weighted by Gasteiger charge is -2.05. The maximum atomic E-state index is 11.9. The molecule has 0 bridgehead atoms. The van der Waals surface area contributed by atoms with Gasteiger partial charge in [-0.3, -0.25) is 0 Å². The summed E-state index contributed by atoms with van der Waals surface area (Å²) in [4.78, 5) is 0.230. The Bertz CT molecular complexity index is 542. The molecule has 0 fully saturated rings. The average Bonchev–Trinajstić information content (AvgIpc) is 2.71. The Kier molecular flexibility index (Phi) is 2.24. The molecule has 0 saturated heterocycles. The number of hydrogen-bond donors (Lipinski definition) is 1. The molecular formula is C10H10N2O2S. The molecule has 2 aromatic rings. The maximum absolute atomic E-state index is 11.9. The molecule has 0 saturated carbocycles. The number of nitrogens with two attached hydrogens (primary N) is 1. The SMILES string of the molecule is Nc1ccc(S(=O)(=O)n2cccc2)cc1. The fourth-order valence-corrected chi connectivity index (χ4v) is 2.42. The van der Waals surface area contributed by atoms with Crippen LogP contribution in [-0.4, -0.2) is 12.4 Å². The Hall–Kier alpha value is -1.75. The van der Waals surface area contributed by atoms with Gasteiger partial charge in [-0.2, -0.15) is 0 Å². The first-order chi connectivity index (χ1) is 7.10. The van der Waals surface area contributed by atoms with Gasteiger partial charge in [0.25, 0.3) is 10.0 Å². The summed E-state index contributed by atoms with van der Waals surface area (Å²) >= 11 is 0. The number of aromatic nitrogens is 1. The second-order valence-electron chi connectivity index (χ2n) is 3.09. The van der Waals surface area contributed by atoms with Crippen LogP contribution in [-0.2, 0) is 10.0 Å². The Morgan fingerprint density at radius 2 is 1.53 bits per heavy atom. The van der Waals surface area contributed by atoms with E-state index in [-0.39, 0.29) is 4.90 Å². The van der Waals surface area contributed by atoms with Crippen molar-refractivity contribution >= 4 is 15.7 Å². The van der Waals surface area contributed by atoms with E-state index in [1.165, 1.54) is 28.5 Å². The van der Waals surface area contributed by atoms with Crippen molar-refractivity contribution < 1.29 is 8.42 Å². The molecule has 0 aliphatic heterocycles. The molecule has 4 nitrogen and oxygen atoms in total. The quantitative estimate of drug-likeness (QED) is 0.779. The van der Waals surface area contributed by atoms with Gasteiger partial charge in [0.2, 0.25) is 0 Å². The van der Waals surface area contributed by atoms with Crippen LogP contribution in [0, 0.1) is 0 Å². The zero-order valence-electron chi connectivity index (χ0n) is 7.87. The van der Waals surface area contributed by atoms with Gasteiger partial charge < -0.3 is 5.73 Å². The number of nitrogen functional groups attached to an aromatic ring is 1. The van der Waals surface area contributed by atoms with Crippen molar-refractivity contribution in [2.75, 3.05) is 5.73 Å². The summed E-state index contributed by atoms with van der Waals surface area (Å²) in [7, 11) is -3.45. The molecular weight excluding hydrogens is 212 g/mol. The number of hydrogen-bond acceptors (Lipinski definition) is 3. The summed E-state index contributed by atoms with van der Waals surface area (Å²) in [5.74, 6) is 0. The van der Waals surface area contributed by atoms with Crippen molar-refractivity contribution in [3.63, 3.8) is 0 Å². The lowest BCUT2D eigenvalue weighted by atomic mass is 10.3. The van der Waals surface area contributed by atoms with Crippen molar-refractivity contribution in [2.24, 2.45) is 0 Å². The average molecular weight is 222 g/mol. The minimum absolute atomic E-state index is 0.230. The third-order valence-corrected chi connectivity index (χ3v) is 3.70. The Morgan fingerprint density at radius 1 is 1.00 bits per heavy atom. The summed E-state index contributed by atoms with van der Waals surface area (Å²) in [5, 5.41) is 0. The molecule has 0 radical (unpaired) electrons. The normalized spacial score (nSPS) is 11.5. The Balaban J connectivity index is 2.52. The third kappa shape index (κ3) is 1.73. The molecule has 0 unspecified atom stereocenters. The summed E-state index contributed by atoms with van der Waals surface area (Å²) < 4.78 is 25.0. The van der Waals surface area contributed by atoms with Crippen LogP contribution in [0.25, 0.3) is 0 Å². The second-order valence-corrected chi connectivity index (χ2v) is 4.93. The molecule has 0 aliphatic rings. The highest BCUT2D eigenvalue weighted by molar-refractivity contribution is 7.90. The number of benzene rings is 1. The van der Waals surface area contributed by atoms with E-state index in [1.807, 2.05) is 0 Å². The Labute approximate surface area is 88.0 Å². The fourth-order valence-electron chi connectivity index (χ4n) is 1.24. The van der Waals surface area contributed by atoms with Crippen LogP contribution < -0.4 is 5.73 Å². The van der Waals surface area contributed by atoms with E-state index in [9.17, 15) is 8.42 Å². The zero-order chi connectivity index (χ0) is 10.9. The topological polar surface area (TPSA) is 65.1 Å². The highest BCUT2D eigenvalue weighted by Crippen LogP contribution is 2.15. The maximum Gasteiger partial charge on any atom is 0.267 e. The van der Waals surface area contributed by atoms with Gasteiger partial charge in [0.15, 0.2) is 0 Å². The standard InChI is InChI=1S/C10H10N2O2S/c11-9-3-5-10(6-4-9)15(13,14)12-7-1-2-8-12/h1-8H,11H2. The van der Waals surface area contributed by atoms with Gasteiger partial charge in [-0.1, -0.05) is 0 Å². The minimum Gasteiger partial charge on any atom is -0.399 e. The van der Waals surface area contributed by atoms with E-state index in [2.05, 4.69) is 0 Å². The van der Waals surface area contributed by atoms with Crippen molar-refractivity contribution in [1.82, 2.24) is 3.97 Å². The number of rotatable bonds is 2. The van der Waals surface area contributed by atoms with Gasteiger partial charge in [-0.05, 0) is 36.4 Å². The lowest BCUT2D eigenvalue weighted by Crippen LogP contribution is -2.10. The summed E-state index contributed by atoms with van der Waals surface area (Å²) in [6.45, 7) is 0. The molecule has 2 N–H and O–H groups in total. The lowest BCUT2D eigenvalue weighted by molar-refractivity contribution is 0.587. The molecule has 5 heteroatoms. The summed E-state index contributed by atoms with van der Waals surface area (Å²) in [5.41, 5.74) is 6.03. The molecule has 2 rings (SSSR count). The molecule has 0 spiro atoms. The molecule has 78 valence electrons. The van der Waals surface area contributed by atoms with E-state index >= 15 is 0 Å². The van der Waals surface area contributed by atoms with Crippen LogP contribution in [0.5, 0.6) is 0 Å². The monoisotopic (exact) mass is 222 g/mol. The highest BCUT2D eigenvalue weighted by Gasteiger charge is 2.14. The van der Waals surface area contributed by atoms with Crippen molar-refractivity contribution in [2.45, 2.75) is 4.90 Å². The molecule has 1 aromatic carbocycles. The molecule has 1 heterocycles. The minimum atomic E-state index is -3.45. The first-order valence-corrected chi connectivity index (χ1v) is 5.79. The van der Waals surface area contributed by atoms with Gasteiger partial charge in [0, 0.05) is 18.1 Å². The first-order valence-electron chi connectivity index (χ1n) is 4.35. The van der Waals surface area contributed by atoms with Crippen LogP contribution in [0.2, 0.25) is 0 Å². The molecule has 15 heavy (non-hydrogen) atoms. The van der Waals surface area contributed by atoms with E-state index in [1.54, 1.807) is 24.3 Å². The van der Waals surface area contributed by atoms with Crippen LogP contribution in [0.15, 0.2) is 53.7 Å². The van der Waals surface area contributed by atoms with Gasteiger partial charge in [-0.15, -0.1) is 0 Å². The number of nitrogens with zero attached hydrogens (tertiary/aromatic N) is 1. The van der Waals surface area contributed by atoms with Gasteiger partial charge in [0.05, 0.1) is 4.90 Å². The fraction of sp³-hybridized carbons (Fsp3) is 0.